The van der Waals surface area contributed by atoms with Crippen molar-refractivity contribution in [1.29, 1.82) is 0 Å². The van der Waals surface area contributed by atoms with Crippen molar-refractivity contribution in [1.82, 2.24) is 0 Å². The predicted octanol–water partition coefficient (Wildman–Crippen LogP) is 22.7. The van der Waals surface area contributed by atoms with Crippen LogP contribution in [0, 0.1) is 11.8 Å². The highest BCUT2D eigenvalue weighted by molar-refractivity contribution is 7.47. The first-order valence-electron chi connectivity index (χ1n) is 40.0. The van der Waals surface area contributed by atoms with Crippen molar-refractivity contribution in [3.63, 3.8) is 0 Å². The van der Waals surface area contributed by atoms with E-state index in [0.717, 1.165) is 108 Å². The third-order valence-corrected chi connectivity index (χ3v) is 19.9. The number of phosphoric ester groups is 2. The molecule has 0 bridgehead atoms. The summed E-state index contributed by atoms with van der Waals surface area (Å²) in [5.41, 5.74) is 0. The largest absolute Gasteiger partial charge is 0.472 e. The number of esters is 4. The van der Waals surface area contributed by atoms with E-state index in [2.05, 4.69) is 41.5 Å². The molecule has 19 heteroatoms. The lowest BCUT2D eigenvalue weighted by Gasteiger charge is -2.21. The Balaban J connectivity index is 5.12. The number of phosphoric acid groups is 2. The number of hydrogen-bond acceptors (Lipinski definition) is 15. The molecule has 0 spiro atoms. The maximum Gasteiger partial charge on any atom is 0.472 e. The van der Waals surface area contributed by atoms with Crippen molar-refractivity contribution in [2.75, 3.05) is 39.6 Å². The van der Waals surface area contributed by atoms with Crippen molar-refractivity contribution in [3.05, 3.63) is 0 Å². The highest BCUT2D eigenvalue weighted by atomic mass is 31.2. The van der Waals surface area contributed by atoms with Crippen LogP contribution in [0.5, 0.6) is 0 Å². The molecule has 3 N–H and O–H groups in total. The van der Waals surface area contributed by atoms with Crippen molar-refractivity contribution in [3.8, 4) is 0 Å². The molecule has 5 atom stereocenters. The van der Waals surface area contributed by atoms with Gasteiger partial charge >= 0.3 is 39.5 Å². The molecule has 0 rings (SSSR count). The molecule has 0 amide bonds. The predicted molar refractivity (Wildman–Crippen MR) is 391 cm³/mol. The van der Waals surface area contributed by atoms with Gasteiger partial charge in [-0.25, -0.2) is 9.13 Å². The molecular formula is C77H150O17P2. The Bertz CT molecular complexity index is 1860. The van der Waals surface area contributed by atoms with Gasteiger partial charge < -0.3 is 33.8 Å². The van der Waals surface area contributed by atoms with Crippen molar-refractivity contribution in [2.45, 2.75) is 419 Å². The van der Waals surface area contributed by atoms with Gasteiger partial charge in [0.25, 0.3) is 0 Å². The Morgan fingerprint density at radius 3 is 0.708 bits per heavy atom. The molecule has 570 valence electrons. The Labute approximate surface area is 588 Å². The summed E-state index contributed by atoms with van der Waals surface area (Å²) in [4.78, 5) is 72.6. The molecule has 0 saturated heterocycles. The number of aliphatic hydroxyl groups excluding tert-OH is 1. The molecule has 0 aromatic rings. The second-order valence-electron chi connectivity index (χ2n) is 28.7. The SMILES string of the molecule is CCCCCCCCCCCCCCCCCC(=O)O[C@H](COC(=O)CCCCCCC)COP(=O)(O)OC[C@H](O)COP(=O)(O)OC[C@@H](COC(=O)CCCCCCCCCCCCCCC(C)C)OC(=O)CCCCCCCCCCCCCCCCCCCCC(C)C. The van der Waals surface area contributed by atoms with Crippen LogP contribution in [0.1, 0.15) is 401 Å². The summed E-state index contributed by atoms with van der Waals surface area (Å²) in [7, 11) is -9.90. The molecular weight excluding hydrogens is 1260 g/mol. The van der Waals surface area contributed by atoms with E-state index >= 15 is 0 Å². The fourth-order valence-electron chi connectivity index (χ4n) is 11.8. The maximum atomic E-state index is 13.1. The van der Waals surface area contributed by atoms with E-state index in [0.29, 0.717) is 25.7 Å². The smallest absolute Gasteiger partial charge is 0.462 e. The molecule has 0 aliphatic carbocycles. The van der Waals surface area contributed by atoms with Crippen LogP contribution in [-0.4, -0.2) is 96.7 Å². The van der Waals surface area contributed by atoms with E-state index in [1.807, 2.05) is 0 Å². The minimum atomic E-state index is -4.96. The van der Waals surface area contributed by atoms with Gasteiger partial charge in [0.05, 0.1) is 26.4 Å². The van der Waals surface area contributed by atoms with E-state index in [1.165, 1.54) is 212 Å². The molecule has 0 aromatic carbocycles. The summed E-state index contributed by atoms with van der Waals surface area (Å²) >= 11 is 0. The van der Waals surface area contributed by atoms with Gasteiger partial charge in [-0.05, 0) is 37.5 Å². The highest BCUT2D eigenvalue weighted by Crippen LogP contribution is 2.45. The van der Waals surface area contributed by atoms with Gasteiger partial charge in [0, 0.05) is 25.7 Å². The summed E-state index contributed by atoms with van der Waals surface area (Å²) in [6.45, 7) is 9.57. The summed E-state index contributed by atoms with van der Waals surface area (Å²) in [5, 5.41) is 10.6. The summed E-state index contributed by atoms with van der Waals surface area (Å²) in [6, 6.07) is 0. The van der Waals surface area contributed by atoms with E-state index < -0.39 is 97.5 Å². The van der Waals surface area contributed by atoms with Crippen LogP contribution in [0.4, 0.5) is 0 Å². The first-order chi connectivity index (χ1) is 46.4. The maximum absolute atomic E-state index is 13.1. The zero-order valence-electron chi connectivity index (χ0n) is 62.7. The minimum Gasteiger partial charge on any atom is -0.462 e. The Kier molecular flexibility index (Phi) is 67.4. The summed E-state index contributed by atoms with van der Waals surface area (Å²) in [6.07, 6.45) is 57.3. The highest BCUT2D eigenvalue weighted by Gasteiger charge is 2.30. The third-order valence-electron chi connectivity index (χ3n) is 18.0. The van der Waals surface area contributed by atoms with Crippen LogP contribution < -0.4 is 0 Å². The molecule has 0 aliphatic rings. The lowest BCUT2D eigenvalue weighted by Crippen LogP contribution is -2.30. The minimum absolute atomic E-state index is 0.107. The lowest BCUT2D eigenvalue weighted by molar-refractivity contribution is -0.161. The summed E-state index contributed by atoms with van der Waals surface area (Å²) < 4.78 is 68.3. The molecule has 0 radical (unpaired) electrons. The molecule has 2 unspecified atom stereocenters. The number of aliphatic hydroxyl groups is 1. The van der Waals surface area contributed by atoms with Crippen LogP contribution in [0.25, 0.3) is 0 Å². The van der Waals surface area contributed by atoms with Crippen molar-refractivity contribution < 1.29 is 80.2 Å². The van der Waals surface area contributed by atoms with E-state index in [1.54, 1.807) is 0 Å². The van der Waals surface area contributed by atoms with Crippen molar-refractivity contribution in [2.24, 2.45) is 11.8 Å². The molecule has 0 heterocycles. The Hall–Kier alpha value is -1.94. The average Bonchev–Trinajstić information content (AvgIpc) is 1.23. The van der Waals surface area contributed by atoms with Crippen LogP contribution in [0.3, 0.4) is 0 Å². The first kappa shape index (κ1) is 94.1. The molecule has 17 nitrogen and oxygen atoms in total. The van der Waals surface area contributed by atoms with Gasteiger partial charge in [0.15, 0.2) is 12.2 Å². The zero-order chi connectivity index (χ0) is 70.7. The number of unbranched alkanes of at least 4 members (excludes halogenated alkanes) is 46. The first-order valence-corrected chi connectivity index (χ1v) is 43.0. The van der Waals surface area contributed by atoms with E-state index in [4.69, 9.17) is 37.0 Å². The van der Waals surface area contributed by atoms with E-state index in [-0.39, 0.29) is 25.7 Å². The fraction of sp³-hybridized carbons (Fsp3) is 0.948. The molecule has 0 fully saturated rings. The molecule has 0 aromatic heterocycles. The Morgan fingerprint density at radius 2 is 0.479 bits per heavy atom. The molecule has 0 saturated carbocycles. The quantitative estimate of drug-likeness (QED) is 0.0222. The molecule has 96 heavy (non-hydrogen) atoms. The standard InChI is InChI=1S/C77H150O17P2/c1-7-9-11-13-14-15-16-17-22-26-33-38-43-49-55-61-76(81)93-72(65-87-74(79)59-53-45-12-10-8-2)67-91-95(83,84)89-63-71(78)64-90-96(85,86)92-68-73(66-88-75(80)60-54-48-42-37-32-29-28-31-36-41-47-52-58-70(5)6)94-77(82)62-56-50-44-39-34-27-24-21-19-18-20-23-25-30-35-40-46-51-57-69(3)4/h69-73,78H,7-68H2,1-6H3,(H,83,84)(H,85,86)/t71-,72+,73+/m0/s1. The third kappa shape index (κ3) is 70.5. The van der Waals surface area contributed by atoms with Gasteiger partial charge in [-0.3, -0.25) is 37.3 Å². The summed E-state index contributed by atoms with van der Waals surface area (Å²) in [5.74, 6) is -0.523. The van der Waals surface area contributed by atoms with Crippen molar-refractivity contribution >= 4 is 39.5 Å². The van der Waals surface area contributed by atoms with Crippen LogP contribution in [0.2, 0.25) is 0 Å². The number of ether oxygens (including phenoxy) is 4. The normalized spacial score (nSPS) is 14.0. The zero-order valence-corrected chi connectivity index (χ0v) is 64.5. The monoisotopic (exact) mass is 1410 g/mol. The van der Waals surface area contributed by atoms with E-state index in [9.17, 15) is 43.2 Å². The Morgan fingerprint density at radius 1 is 0.281 bits per heavy atom. The lowest BCUT2D eigenvalue weighted by atomic mass is 10.0. The van der Waals surface area contributed by atoms with Gasteiger partial charge in [-0.2, -0.15) is 0 Å². The van der Waals surface area contributed by atoms with Gasteiger partial charge in [0.1, 0.15) is 19.3 Å². The van der Waals surface area contributed by atoms with Crippen LogP contribution in [-0.2, 0) is 65.4 Å². The average molecular weight is 1410 g/mol. The molecule has 0 aliphatic heterocycles. The second kappa shape index (κ2) is 68.8. The number of hydrogen-bond donors (Lipinski definition) is 3. The number of carbonyl (C=O) groups excluding carboxylic acids is 4. The fourth-order valence-corrected chi connectivity index (χ4v) is 13.4. The number of carbonyl (C=O) groups is 4. The van der Waals surface area contributed by atoms with Crippen LogP contribution in [0.15, 0.2) is 0 Å². The van der Waals surface area contributed by atoms with Gasteiger partial charge in [-0.15, -0.1) is 0 Å². The topological polar surface area (TPSA) is 237 Å². The van der Waals surface area contributed by atoms with Crippen LogP contribution >= 0.6 is 15.6 Å². The van der Waals surface area contributed by atoms with Gasteiger partial charge in [0.2, 0.25) is 0 Å². The number of rotatable bonds is 76. The van der Waals surface area contributed by atoms with Gasteiger partial charge in [-0.1, -0.05) is 350 Å². The second-order valence-corrected chi connectivity index (χ2v) is 31.6.